The minimum absolute atomic E-state index is 0.943. The molecule has 82 valence electrons. The van der Waals surface area contributed by atoms with Crippen molar-refractivity contribution in [3.63, 3.8) is 0 Å². The van der Waals surface area contributed by atoms with E-state index >= 15 is 0 Å². The summed E-state index contributed by atoms with van der Waals surface area (Å²) in [6, 6.07) is 0. The van der Waals surface area contributed by atoms with Gasteiger partial charge in [-0.05, 0) is 48.3 Å². The van der Waals surface area contributed by atoms with Crippen molar-refractivity contribution < 1.29 is 0 Å². The molecule has 2 fully saturated rings. The summed E-state index contributed by atoms with van der Waals surface area (Å²) >= 11 is 0. The molecule has 0 N–H and O–H groups in total. The fourth-order valence-corrected chi connectivity index (χ4v) is 3.54. The highest BCUT2D eigenvalue weighted by molar-refractivity contribution is 4.99. The Balaban J connectivity index is 1.69. The molecule has 0 nitrogen and oxygen atoms in total. The van der Waals surface area contributed by atoms with E-state index in [2.05, 4.69) is 27.7 Å². The van der Waals surface area contributed by atoms with Gasteiger partial charge in [-0.3, -0.25) is 0 Å². The van der Waals surface area contributed by atoms with Crippen LogP contribution < -0.4 is 0 Å². The fourth-order valence-electron chi connectivity index (χ4n) is 3.54. The van der Waals surface area contributed by atoms with E-state index in [1.54, 1.807) is 12.8 Å². The molecule has 0 saturated heterocycles. The van der Waals surface area contributed by atoms with Crippen LogP contribution in [-0.4, -0.2) is 0 Å². The van der Waals surface area contributed by atoms with E-state index in [4.69, 9.17) is 0 Å². The molecule has 5 unspecified atom stereocenters. The van der Waals surface area contributed by atoms with Crippen molar-refractivity contribution in [3.05, 3.63) is 0 Å². The highest BCUT2D eigenvalue weighted by Gasteiger charge is 2.50. The lowest BCUT2D eigenvalue weighted by atomic mass is 10.0. The summed E-state index contributed by atoms with van der Waals surface area (Å²) < 4.78 is 0. The Kier molecular flexibility index (Phi) is 2.91. The number of hydrogen-bond acceptors (Lipinski definition) is 0. The van der Waals surface area contributed by atoms with Crippen molar-refractivity contribution in [2.24, 2.45) is 35.5 Å². The van der Waals surface area contributed by atoms with Crippen LogP contribution in [0.15, 0.2) is 0 Å². The van der Waals surface area contributed by atoms with Crippen molar-refractivity contribution in [1.82, 2.24) is 0 Å². The maximum absolute atomic E-state index is 2.47. The Hall–Kier alpha value is 0. The average Bonchev–Trinajstić information content (AvgIpc) is 2.99. The van der Waals surface area contributed by atoms with Crippen molar-refractivity contribution >= 4 is 0 Å². The second-order valence-corrected chi connectivity index (χ2v) is 6.11. The zero-order valence-electron chi connectivity index (χ0n) is 10.3. The molecule has 0 aromatic rings. The first kappa shape index (κ1) is 10.5. The third kappa shape index (κ3) is 1.99. The molecule has 0 bridgehead atoms. The quantitative estimate of drug-likeness (QED) is 0.610. The van der Waals surface area contributed by atoms with Crippen LogP contribution in [0.1, 0.15) is 53.4 Å². The molecule has 2 aliphatic carbocycles. The largest absolute Gasteiger partial charge is 0.0654 e. The molecule has 2 saturated carbocycles. The zero-order chi connectivity index (χ0) is 10.3. The van der Waals surface area contributed by atoms with Crippen molar-refractivity contribution in [1.29, 1.82) is 0 Å². The summed E-state index contributed by atoms with van der Waals surface area (Å²) in [5.74, 6) is 6.42. The summed E-state index contributed by atoms with van der Waals surface area (Å²) in [6.07, 6.45) is 5.99. The molecular formula is C14H26. The first-order chi connectivity index (χ1) is 6.65. The Labute approximate surface area is 89.5 Å². The predicted octanol–water partition coefficient (Wildman–Crippen LogP) is 4.35. The van der Waals surface area contributed by atoms with Crippen LogP contribution in [0.4, 0.5) is 0 Å². The lowest BCUT2D eigenvalue weighted by molar-refractivity contribution is 0.472. The van der Waals surface area contributed by atoms with Gasteiger partial charge in [0.2, 0.25) is 0 Å². The van der Waals surface area contributed by atoms with E-state index in [1.165, 1.54) is 12.8 Å². The lowest BCUT2D eigenvalue weighted by Gasteiger charge is -2.02. The number of rotatable bonds is 5. The first-order valence-corrected chi connectivity index (χ1v) is 6.65. The van der Waals surface area contributed by atoms with Gasteiger partial charge in [-0.2, -0.15) is 0 Å². The summed E-state index contributed by atoms with van der Waals surface area (Å²) in [4.78, 5) is 0. The Bertz CT molecular complexity index is 194. The maximum atomic E-state index is 2.47. The molecule has 0 aromatic heterocycles. The van der Waals surface area contributed by atoms with E-state index < -0.39 is 0 Å². The van der Waals surface area contributed by atoms with Crippen LogP contribution in [0.5, 0.6) is 0 Å². The van der Waals surface area contributed by atoms with Crippen LogP contribution >= 0.6 is 0 Å². The molecule has 0 spiro atoms. The van der Waals surface area contributed by atoms with Gasteiger partial charge in [0.15, 0.2) is 0 Å². The maximum Gasteiger partial charge on any atom is -0.0352 e. The third-order valence-corrected chi connectivity index (χ3v) is 4.79. The molecule has 2 rings (SSSR count). The van der Waals surface area contributed by atoms with Gasteiger partial charge in [0, 0.05) is 0 Å². The number of hydrogen-bond donors (Lipinski definition) is 0. The van der Waals surface area contributed by atoms with Gasteiger partial charge in [-0.25, -0.2) is 0 Å². The van der Waals surface area contributed by atoms with Gasteiger partial charge in [0.1, 0.15) is 0 Å². The molecular weight excluding hydrogens is 168 g/mol. The third-order valence-electron chi connectivity index (χ3n) is 4.79. The molecule has 0 amide bonds. The topological polar surface area (TPSA) is 0 Å². The average molecular weight is 194 g/mol. The van der Waals surface area contributed by atoms with E-state index in [0.717, 1.165) is 35.5 Å². The van der Waals surface area contributed by atoms with Gasteiger partial charge in [-0.15, -0.1) is 0 Å². The van der Waals surface area contributed by atoms with Crippen molar-refractivity contribution in [3.8, 4) is 0 Å². The lowest BCUT2D eigenvalue weighted by Crippen LogP contribution is -1.94. The Morgan fingerprint density at radius 2 is 1.93 bits per heavy atom. The second-order valence-electron chi connectivity index (χ2n) is 6.11. The smallest absolute Gasteiger partial charge is 0.0352 e. The molecule has 5 atom stereocenters. The van der Waals surface area contributed by atoms with Gasteiger partial charge in [-0.1, -0.05) is 40.5 Å². The van der Waals surface area contributed by atoms with Crippen LogP contribution in [0.2, 0.25) is 0 Å². The standard InChI is InChI=1S/C14H26/c1-5-6-12-10(4)14(12)8-11-7-13(11)9(2)3/h9-14H,5-8H2,1-4H3. The van der Waals surface area contributed by atoms with Gasteiger partial charge >= 0.3 is 0 Å². The molecule has 0 aromatic carbocycles. The summed E-state index contributed by atoms with van der Waals surface area (Å²) in [5, 5.41) is 0. The normalized spacial score (nSPS) is 45.6. The summed E-state index contributed by atoms with van der Waals surface area (Å²) in [6.45, 7) is 9.59. The fraction of sp³-hybridized carbons (Fsp3) is 1.00. The van der Waals surface area contributed by atoms with Crippen LogP contribution in [0.3, 0.4) is 0 Å². The monoisotopic (exact) mass is 194 g/mol. The molecule has 0 aliphatic heterocycles. The molecule has 0 heterocycles. The SMILES string of the molecule is CCCC1C(C)C1CC1CC1C(C)C. The Morgan fingerprint density at radius 1 is 1.21 bits per heavy atom. The molecule has 0 heteroatoms. The van der Waals surface area contributed by atoms with E-state index in [1.807, 2.05) is 0 Å². The van der Waals surface area contributed by atoms with E-state index in [-0.39, 0.29) is 0 Å². The minimum atomic E-state index is 0.943. The van der Waals surface area contributed by atoms with Gasteiger partial charge < -0.3 is 0 Å². The summed E-state index contributed by atoms with van der Waals surface area (Å²) in [5.41, 5.74) is 0. The van der Waals surface area contributed by atoms with Crippen molar-refractivity contribution in [2.45, 2.75) is 53.4 Å². The van der Waals surface area contributed by atoms with Gasteiger partial charge in [0.05, 0.1) is 0 Å². The van der Waals surface area contributed by atoms with Crippen molar-refractivity contribution in [2.75, 3.05) is 0 Å². The zero-order valence-corrected chi connectivity index (χ0v) is 10.3. The van der Waals surface area contributed by atoms with Crippen LogP contribution in [0.25, 0.3) is 0 Å². The highest BCUT2D eigenvalue weighted by Crippen LogP contribution is 2.58. The molecule has 14 heavy (non-hydrogen) atoms. The first-order valence-electron chi connectivity index (χ1n) is 6.65. The van der Waals surface area contributed by atoms with Gasteiger partial charge in [0.25, 0.3) is 0 Å². The molecule has 2 aliphatic rings. The van der Waals surface area contributed by atoms with Crippen LogP contribution in [0, 0.1) is 35.5 Å². The Morgan fingerprint density at radius 3 is 2.43 bits per heavy atom. The summed E-state index contributed by atoms with van der Waals surface area (Å²) in [7, 11) is 0. The van der Waals surface area contributed by atoms with E-state index in [9.17, 15) is 0 Å². The predicted molar refractivity (Wildman–Crippen MR) is 62.1 cm³/mol. The van der Waals surface area contributed by atoms with E-state index in [0.29, 0.717) is 0 Å². The molecule has 0 radical (unpaired) electrons. The van der Waals surface area contributed by atoms with Crippen LogP contribution in [-0.2, 0) is 0 Å². The highest BCUT2D eigenvalue weighted by atomic mass is 14.6. The minimum Gasteiger partial charge on any atom is -0.0654 e. The second kappa shape index (κ2) is 3.87.